The molecule has 0 aromatic heterocycles. The molecule has 1 N–H and O–H groups in total. The minimum absolute atomic E-state index is 0.299. The molecule has 0 bridgehead atoms. The van der Waals surface area contributed by atoms with Gasteiger partial charge in [-0.2, -0.15) is 0 Å². The van der Waals surface area contributed by atoms with E-state index in [0.717, 1.165) is 6.54 Å². The summed E-state index contributed by atoms with van der Waals surface area (Å²) in [6, 6.07) is 0. The zero-order chi connectivity index (χ0) is 8.04. The van der Waals surface area contributed by atoms with E-state index in [-0.39, 0.29) is 0 Å². The van der Waals surface area contributed by atoms with Gasteiger partial charge in [0.05, 0.1) is 0 Å². The van der Waals surface area contributed by atoms with E-state index in [9.17, 15) is 0 Å². The first kappa shape index (κ1) is 9.96. The Morgan fingerprint density at radius 2 is 1.70 bits per heavy atom. The molecule has 0 aliphatic heterocycles. The van der Waals surface area contributed by atoms with Gasteiger partial charge < -0.3 is 5.32 Å². The van der Waals surface area contributed by atoms with Gasteiger partial charge in [0, 0.05) is 5.54 Å². The highest BCUT2D eigenvalue weighted by Crippen LogP contribution is 1.99. The summed E-state index contributed by atoms with van der Waals surface area (Å²) >= 11 is 0. The standard InChI is InChI=1S/C9H21N/c1-5-6-7-8-10-9(2,3)4/h10H,5-8H2,1-4H3. The Kier molecular flexibility index (Phi) is 4.71. The quantitative estimate of drug-likeness (QED) is 0.596. The van der Waals surface area contributed by atoms with Gasteiger partial charge in [-0.15, -0.1) is 0 Å². The summed E-state index contributed by atoms with van der Waals surface area (Å²) in [5.41, 5.74) is 0.299. The highest BCUT2D eigenvalue weighted by atomic mass is 14.9. The zero-order valence-electron chi connectivity index (χ0n) is 7.83. The maximum absolute atomic E-state index is 3.46. The van der Waals surface area contributed by atoms with E-state index < -0.39 is 0 Å². The van der Waals surface area contributed by atoms with Crippen molar-refractivity contribution in [3.8, 4) is 0 Å². The summed E-state index contributed by atoms with van der Waals surface area (Å²) in [5.74, 6) is 0. The first-order valence-corrected chi connectivity index (χ1v) is 4.31. The van der Waals surface area contributed by atoms with Gasteiger partial charge >= 0.3 is 0 Å². The molecular formula is C9H21N. The van der Waals surface area contributed by atoms with Crippen LogP contribution in [0.15, 0.2) is 0 Å². The van der Waals surface area contributed by atoms with E-state index >= 15 is 0 Å². The number of nitrogens with one attached hydrogen (secondary N) is 1. The topological polar surface area (TPSA) is 12.0 Å². The fourth-order valence-electron chi connectivity index (χ4n) is 0.838. The van der Waals surface area contributed by atoms with Gasteiger partial charge in [-0.05, 0) is 33.7 Å². The van der Waals surface area contributed by atoms with Crippen LogP contribution in [-0.4, -0.2) is 12.1 Å². The molecular weight excluding hydrogens is 122 g/mol. The van der Waals surface area contributed by atoms with Crippen molar-refractivity contribution in [1.29, 1.82) is 0 Å². The molecule has 0 fully saturated rings. The zero-order valence-corrected chi connectivity index (χ0v) is 7.83. The van der Waals surface area contributed by atoms with Crippen LogP contribution in [0.1, 0.15) is 47.0 Å². The molecule has 0 amide bonds. The van der Waals surface area contributed by atoms with Gasteiger partial charge in [-0.1, -0.05) is 19.8 Å². The number of hydrogen-bond donors (Lipinski definition) is 1. The van der Waals surface area contributed by atoms with Crippen molar-refractivity contribution in [2.45, 2.75) is 52.5 Å². The number of rotatable bonds is 4. The minimum atomic E-state index is 0.299. The summed E-state index contributed by atoms with van der Waals surface area (Å²) in [4.78, 5) is 0. The molecule has 0 saturated carbocycles. The van der Waals surface area contributed by atoms with E-state index in [1.54, 1.807) is 0 Å². The molecule has 0 spiro atoms. The minimum Gasteiger partial charge on any atom is -0.312 e. The molecule has 0 aliphatic carbocycles. The SMILES string of the molecule is CCCCCNC(C)(C)C. The van der Waals surface area contributed by atoms with Gasteiger partial charge in [0.15, 0.2) is 0 Å². The van der Waals surface area contributed by atoms with Crippen LogP contribution in [0.25, 0.3) is 0 Å². The molecule has 0 heterocycles. The van der Waals surface area contributed by atoms with Crippen molar-refractivity contribution in [2.75, 3.05) is 6.54 Å². The summed E-state index contributed by atoms with van der Waals surface area (Å²) in [5, 5.41) is 3.46. The fourth-order valence-corrected chi connectivity index (χ4v) is 0.838. The second-order valence-corrected chi connectivity index (χ2v) is 3.88. The van der Waals surface area contributed by atoms with Crippen LogP contribution in [0.5, 0.6) is 0 Å². The van der Waals surface area contributed by atoms with Crippen molar-refractivity contribution in [2.24, 2.45) is 0 Å². The van der Waals surface area contributed by atoms with E-state index in [1.807, 2.05) is 0 Å². The smallest absolute Gasteiger partial charge is 0.00965 e. The summed E-state index contributed by atoms with van der Waals surface area (Å²) in [6.45, 7) is 10.0. The second-order valence-electron chi connectivity index (χ2n) is 3.88. The average molecular weight is 143 g/mol. The van der Waals surface area contributed by atoms with Gasteiger partial charge in [-0.25, -0.2) is 0 Å². The van der Waals surface area contributed by atoms with E-state index in [2.05, 4.69) is 33.0 Å². The molecule has 1 heteroatoms. The molecule has 0 saturated heterocycles. The lowest BCUT2D eigenvalue weighted by molar-refractivity contribution is 0.418. The van der Waals surface area contributed by atoms with Crippen LogP contribution >= 0.6 is 0 Å². The molecule has 0 radical (unpaired) electrons. The lowest BCUT2D eigenvalue weighted by Crippen LogP contribution is -2.36. The van der Waals surface area contributed by atoms with Crippen LogP contribution in [-0.2, 0) is 0 Å². The Morgan fingerprint density at radius 1 is 1.10 bits per heavy atom. The Labute approximate surface area is 65.2 Å². The van der Waals surface area contributed by atoms with Gasteiger partial charge in [0.1, 0.15) is 0 Å². The monoisotopic (exact) mass is 143 g/mol. The van der Waals surface area contributed by atoms with Crippen LogP contribution in [0.3, 0.4) is 0 Å². The highest BCUT2D eigenvalue weighted by Gasteiger charge is 2.06. The molecule has 0 atom stereocenters. The van der Waals surface area contributed by atoms with Crippen molar-refractivity contribution in [3.63, 3.8) is 0 Å². The Hall–Kier alpha value is -0.0400. The Bertz CT molecular complexity index is 71.3. The van der Waals surface area contributed by atoms with Crippen molar-refractivity contribution >= 4 is 0 Å². The normalized spacial score (nSPS) is 12.0. The molecule has 10 heavy (non-hydrogen) atoms. The summed E-state index contributed by atoms with van der Waals surface area (Å²) in [7, 11) is 0. The van der Waals surface area contributed by atoms with Gasteiger partial charge in [0.2, 0.25) is 0 Å². The highest BCUT2D eigenvalue weighted by molar-refractivity contribution is 4.69. The molecule has 0 unspecified atom stereocenters. The number of hydrogen-bond acceptors (Lipinski definition) is 1. The fraction of sp³-hybridized carbons (Fsp3) is 1.00. The third-order valence-corrected chi connectivity index (χ3v) is 1.44. The van der Waals surface area contributed by atoms with E-state index in [1.165, 1.54) is 19.3 Å². The van der Waals surface area contributed by atoms with Gasteiger partial charge in [0.25, 0.3) is 0 Å². The molecule has 0 aromatic carbocycles. The van der Waals surface area contributed by atoms with Crippen LogP contribution in [0.2, 0.25) is 0 Å². The molecule has 1 nitrogen and oxygen atoms in total. The predicted octanol–water partition coefficient (Wildman–Crippen LogP) is 2.56. The van der Waals surface area contributed by atoms with Crippen LogP contribution in [0.4, 0.5) is 0 Å². The van der Waals surface area contributed by atoms with Crippen molar-refractivity contribution < 1.29 is 0 Å². The average Bonchev–Trinajstić information content (AvgIpc) is 1.78. The predicted molar refractivity (Wildman–Crippen MR) is 47.3 cm³/mol. The molecule has 62 valence electrons. The Morgan fingerprint density at radius 3 is 2.10 bits per heavy atom. The first-order chi connectivity index (χ1) is 4.56. The first-order valence-electron chi connectivity index (χ1n) is 4.31. The number of unbranched alkanes of at least 4 members (excludes halogenated alkanes) is 2. The molecule has 0 aromatic rings. The third kappa shape index (κ3) is 7.96. The molecule has 0 rings (SSSR count). The van der Waals surface area contributed by atoms with E-state index in [4.69, 9.17) is 0 Å². The van der Waals surface area contributed by atoms with Crippen LogP contribution in [0, 0.1) is 0 Å². The van der Waals surface area contributed by atoms with Crippen LogP contribution < -0.4 is 5.32 Å². The van der Waals surface area contributed by atoms with Crippen molar-refractivity contribution in [1.82, 2.24) is 5.32 Å². The lowest BCUT2D eigenvalue weighted by Gasteiger charge is -2.20. The van der Waals surface area contributed by atoms with Crippen molar-refractivity contribution in [3.05, 3.63) is 0 Å². The Balaban J connectivity index is 3.04. The lowest BCUT2D eigenvalue weighted by atomic mass is 10.1. The largest absolute Gasteiger partial charge is 0.312 e. The maximum atomic E-state index is 3.46. The summed E-state index contributed by atoms with van der Waals surface area (Å²) in [6.07, 6.45) is 3.97. The van der Waals surface area contributed by atoms with Gasteiger partial charge in [-0.3, -0.25) is 0 Å². The second kappa shape index (κ2) is 4.73. The third-order valence-electron chi connectivity index (χ3n) is 1.44. The van der Waals surface area contributed by atoms with E-state index in [0.29, 0.717) is 5.54 Å². The maximum Gasteiger partial charge on any atom is 0.00965 e. The summed E-state index contributed by atoms with van der Waals surface area (Å²) < 4.78 is 0. The molecule has 0 aliphatic rings.